The number of amides is 1. The molecule has 2 saturated heterocycles. The number of carbonyl (C=O) groups excluding carboxylic acids is 1. The van der Waals surface area contributed by atoms with Crippen molar-refractivity contribution < 1.29 is 9.35 Å². The maximum Gasteiger partial charge on any atom is 0.253 e. The average Bonchev–Trinajstić information content (AvgIpc) is 3.37. The van der Waals surface area contributed by atoms with E-state index >= 15 is 0 Å². The Morgan fingerprint density at radius 2 is 1.73 bits per heavy atom. The molecule has 0 bridgehead atoms. The van der Waals surface area contributed by atoms with Crippen molar-refractivity contribution >= 4 is 51.8 Å². The summed E-state index contributed by atoms with van der Waals surface area (Å²) in [6.45, 7) is 5.21. The lowest BCUT2D eigenvalue weighted by atomic mass is 10.0. The molecule has 0 aliphatic carbocycles. The largest absolute Gasteiger partial charge is 0.611 e. The second-order valence-electron chi connectivity index (χ2n) is 11.1. The quantitative estimate of drug-likeness (QED) is 0.429. The van der Waals surface area contributed by atoms with Crippen molar-refractivity contribution in [2.75, 3.05) is 74.2 Å². The fourth-order valence-electron chi connectivity index (χ4n) is 5.84. The summed E-state index contributed by atoms with van der Waals surface area (Å²) in [5.41, 5.74) is 3.50. The van der Waals surface area contributed by atoms with Crippen LogP contribution in [-0.4, -0.2) is 95.4 Å². The standard InChI is InChI=1S/C30H36ClN7O2S/c1-35-13-10-24(11-14-35)36(2)29(39)21-6-8-25(9-7-21)37-15-17-38(18-16-37)30-33-26-12-19-41(40)27(26)28(34-30)32-23-5-3-4-22(31)20-23/h3-9,20,24H,10-19H2,1-2H3,(H,32,33,34). The molecule has 2 fully saturated rings. The van der Waals surface area contributed by atoms with Gasteiger partial charge in [-0.1, -0.05) is 17.7 Å². The number of aromatic nitrogens is 2. The first-order valence-electron chi connectivity index (χ1n) is 14.2. The van der Waals surface area contributed by atoms with Crippen LogP contribution in [0.15, 0.2) is 53.4 Å². The topological polar surface area (TPSA) is 90.9 Å². The molecule has 3 aliphatic rings. The number of aryl methyl sites for hydroxylation is 1. The molecule has 4 heterocycles. The van der Waals surface area contributed by atoms with Crippen LogP contribution in [-0.2, 0) is 17.6 Å². The van der Waals surface area contributed by atoms with E-state index < -0.39 is 11.2 Å². The van der Waals surface area contributed by atoms with E-state index in [0.29, 0.717) is 39.9 Å². The smallest absolute Gasteiger partial charge is 0.253 e. The van der Waals surface area contributed by atoms with E-state index in [1.807, 2.05) is 48.3 Å². The highest BCUT2D eigenvalue weighted by molar-refractivity contribution is 7.91. The molecular weight excluding hydrogens is 558 g/mol. The molecule has 11 heteroatoms. The molecule has 1 N–H and O–H groups in total. The highest BCUT2D eigenvalue weighted by Gasteiger charge is 2.33. The summed E-state index contributed by atoms with van der Waals surface area (Å²) in [4.78, 5) is 32.2. The van der Waals surface area contributed by atoms with E-state index in [1.165, 1.54) is 0 Å². The van der Waals surface area contributed by atoms with Crippen LogP contribution in [0.25, 0.3) is 0 Å². The Morgan fingerprint density at radius 1 is 1.02 bits per heavy atom. The lowest BCUT2D eigenvalue weighted by molar-refractivity contribution is 0.0659. The molecule has 0 saturated carbocycles. The molecular formula is C30H36ClN7O2S. The number of piperazine rings is 1. The second kappa shape index (κ2) is 12.1. The number of halogens is 1. The Balaban J connectivity index is 1.11. The van der Waals surface area contributed by atoms with E-state index in [4.69, 9.17) is 21.6 Å². The van der Waals surface area contributed by atoms with Gasteiger partial charge in [0.25, 0.3) is 5.91 Å². The van der Waals surface area contributed by atoms with Crippen LogP contribution >= 0.6 is 11.6 Å². The Hall–Kier alpha value is -3.05. The van der Waals surface area contributed by atoms with Gasteiger partial charge in [0.15, 0.2) is 5.82 Å². The third kappa shape index (κ3) is 6.11. The number of fused-ring (bicyclic) bond motifs is 1. The predicted molar refractivity (Wildman–Crippen MR) is 165 cm³/mol. The zero-order valence-corrected chi connectivity index (χ0v) is 25.1. The van der Waals surface area contributed by atoms with Crippen molar-refractivity contribution in [2.45, 2.75) is 30.2 Å². The number of rotatable bonds is 6. The molecule has 0 spiro atoms. The molecule has 41 heavy (non-hydrogen) atoms. The maximum absolute atomic E-state index is 13.1. The number of hydrogen-bond acceptors (Lipinski definition) is 8. The highest BCUT2D eigenvalue weighted by Crippen LogP contribution is 2.34. The number of piperidine rings is 1. The first-order valence-corrected chi connectivity index (χ1v) is 15.9. The van der Waals surface area contributed by atoms with Gasteiger partial charge < -0.3 is 29.5 Å². The zero-order chi connectivity index (χ0) is 28.5. The van der Waals surface area contributed by atoms with Gasteiger partial charge in [-0.2, -0.15) is 4.98 Å². The number of hydrogen-bond donors (Lipinski definition) is 1. The van der Waals surface area contributed by atoms with Crippen LogP contribution in [0.2, 0.25) is 5.02 Å². The molecule has 3 aromatic rings. The summed E-state index contributed by atoms with van der Waals surface area (Å²) in [5, 5.41) is 3.96. The van der Waals surface area contributed by atoms with Gasteiger partial charge in [-0.15, -0.1) is 0 Å². The second-order valence-corrected chi connectivity index (χ2v) is 13.0. The monoisotopic (exact) mass is 593 g/mol. The minimum Gasteiger partial charge on any atom is -0.611 e. The third-order valence-corrected chi connectivity index (χ3v) is 10.1. The van der Waals surface area contributed by atoms with Gasteiger partial charge in [-0.25, -0.2) is 4.98 Å². The van der Waals surface area contributed by atoms with Gasteiger partial charge in [-0.3, -0.25) is 4.79 Å². The first kappa shape index (κ1) is 28.1. The molecule has 0 radical (unpaired) electrons. The van der Waals surface area contributed by atoms with Crippen molar-refractivity contribution in [1.29, 1.82) is 0 Å². The van der Waals surface area contributed by atoms with Crippen LogP contribution in [0.4, 0.5) is 23.1 Å². The Bertz CT molecular complexity index is 1390. The third-order valence-electron chi connectivity index (χ3n) is 8.36. The summed E-state index contributed by atoms with van der Waals surface area (Å²) >= 11 is 5.06. The van der Waals surface area contributed by atoms with E-state index in [0.717, 1.165) is 74.7 Å². The summed E-state index contributed by atoms with van der Waals surface area (Å²) in [5.74, 6) is 1.91. The van der Waals surface area contributed by atoms with E-state index in [-0.39, 0.29) is 5.91 Å². The van der Waals surface area contributed by atoms with E-state index in [9.17, 15) is 9.35 Å². The van der Waals surface area contributed by atoms with Crippen LogP contribution in [0.1, 0.15) is 28.9 Å². The van der Waals surface area contributed by atoms with Gasteiger partial charge in [-0.05, 0) is 86.6 Å². The summed E-state index contributed by atoms with van der Waals surface area (Å²) in [7, 11) is 4.07. The molecule has 3 aliphatic heterocycles. The van der Waals surface area contributed by atoms with E-state index in [1.54, 1.807) is 0 Å². The number of nitrogens with zero attached hydrogens (tertiary/aromatic N) is 6. The molecule has 2 aromatic carbocycles. The molecule has 1 amide bonds. The Labute approximate surface area is 249 Å². The number of likely N-dealkylation sites (tertiary alicyclic amines) is 1. The van der Waals surface area contributed by atoms with Gasteiger partial charge in [0, 0.05) is 67.7 Å². The van der Waals surface area contributed by atoms with Crippen molar-refractivity contribution in [3.05, 3.63) is 64.8 Å². The molecule has 6 rings (SSSR count). The summed E-state index contributed by atoms with van der Waals surface area (Å²) in [6.07, 6.45) is 2.72. The maximum atomic E-state index is 13.1. The van der Waals surface area contributed by atoms with Gasteiger partial charge in [0.1, 0.15) is 11.4 Å². The number of nitrogens with one attached hydrogen (secondary N) is 1. The molecule has 1 aromatic heterocycles. The number of anilines is 4. The predicted octanol–water partition coefficient (Wildman–Crippen LogP) is 4.03. The Kier molecular flexibility index (Phi) is 8.26. The minimum atomic E-state index is -1.12. The van der Waals surface area contributed by atoms with Crippen LogP contribution in [0.3, 0.4) is 0 Å². The number of benzene rings is 2. The zero-order valence-electron chi connectivity index (χ0n) is 23.6. The van der Waals surface area contributed by atoms with Crippen LogP contribution in [0.5, 0.6) is 0 Å². The van der Waals surface area contributed by atoms with Gasteiger partial charge in [0.2, 0.25) is 10.8 Å². The lowest BCUT2D eigenvalue weighted by Crippen LogP contribution is -2.47. The minimum absolute atomic E-state index is 0.0906. The summed E-state index contributed by atoms with van der Waals surface area (Å²) in [6, 6.07) is 15.8. The van der Waals surface area contributed by atoms with E-state index in [2.05, 4.69) is 39.2 Å². The van der Waals surface area contributed by atoms with Crippen molar-refractivity contribution in [3.8, 4) is 0 Å². The van der Waals surface area contributed by atoms with Crippen molar-refractivity contribution in [2.24, 2.45) is 0 Å². The SMILES string of the molecule is CN1CCC(N(C)C(=O)c2ccc(N3CCN(c4nc5c(c(Nc6cccc(Cl)c6)n4)[S+]([O-])CC5)CC3)cc2)CC1. The van der Waals surface area contributed by atoms with Crippen LogP contribution < -0.4 is 15.1 Å². The highest BCUT2D eigenvalue weighted by atomic mass is 35.5. The van der Waals surface area contributed by atoms with Crippen molar-refractivity contribution in [3.63, 3.8) is 0 Å². The van der Waals surface area contributed by atoms with Gasteiger partial charge in [0.05, 0.1) is 0 Å². The van der Waals surface area contributed by atoms with Crippen molar-refractivity contribution in [1.82, 2.24) is 19.8 Å². The molecule has 216 valence electrons. The fourth-order valence-corrected chi connectivity index (χ4v) is 7.34. The Morgan fingerprint density at radius 3 is 2.44 bits per heavy atom. The van der Waals surface area contributed by atoms with Gasteiger partial charge >= 0.3 is 0 Å². The number of carbonyl (C=O) groups is 1. The normalized spacial score (nSPS) is 19.8. The molecule has 9 nitrogen and oxygen atoms in total. The first-order chi connectivity index (χ1) is 19.9. The molecule has 1 unspecified atom stereocenters. The fraction of sp³-hybridized carbons (Fsp3) is 0.433. The lowest BCUT2D eigenvalue weighted by Gasteiger charge is -2.36. The average molecular weight is 594 g/mol. The van der Waals surface area contributed by atoms with Crippen LogP contribution in [0, 0.1) is 0 Å². The summed E-state index contributed by atoms with van der Waals surface area (Å²) < 4.78 is 12.7. The molecule has 1 atom stereocenters.